The molecule has 0 bridgehead atoms. The highest BCUT2D eigenvalue weighted by Gasteiger charge is 2.38. The van der Waals surface area contributed by atoms with Crippen molar-refractivity contribution in [3.8, 4) is 34.4 Å². The van der Waals surface area contributed by atoms with Gasteiger partial charge in [-0.2, -0.15) is 5.26 Å². The molecule has 8 rings (SSSR count). The van der Waals surface area contributed by atoms with Crippen LogP contribution in [0.3, 0.4) is 0 Å². The molecule has 13 heteroatoms. The molecule has 3 atom stereocenters. The second-order valence-corrected chi connectivity index (χ2v) is 16.0. The van der Waals surface area contributed by atoms with Crippen LogP contribution in [0, 0.1) is 11.3 Å². The Balaban J connectivity index is 0.964. The molecule has 3 heterocycles. The van der Waals surface area contributed by atoms with E-state index in [9.17, 15) is 19.5 Å². The number of carboxylic acid groups (broad SMARTS) is 1. The third-order valence-corrected chi connectivity index (χ3v) is 11.9. The summed E-state index contributed by atoms with van der Waals surface area (Å²) in [7, 11) is 0. The van der Waals surface area contributed by atoms with Crippen molar-refractivity contribution in [3.05, 3.63) is 169 Å². The Morgan fingerprint density at radius 3 is 2.27 bits per heavy atom. The predicted molar refractivity (Wildman–Crippen MR) is 224 cm³/mol. The van der Waals surface area contributed by atoms with E-state index in [1.54, 1.807) is 41.8 Å². The zero-order valence-corrected chi connectivity index (χ0v) is 33.6. The van der Waals surface area contributed by atoms with Crippen LogP contribution in [-0.2, 0) is 35.6 Å². The van der Waals surface area contributed by atoms with Crippen LogP contribution >= 0.6 is 34.5 Å². The van der Waals surface area contributed by atoms with Crippen molar-refractivity contribution in [2.45, 2.75) is 44.2 Å². The number of carboxylic acids is 1. The zero-order valence-electron chi connectivity index (χ0n) is 31.3. The van der Waals surface area contributed by atoms with Gasteiger partial charge in [-0.1, -0.05) is 83.9 Å². The number of thiophene rings is 1. The van der Waals surface area contributed by atoms with E-state index in [1.165, 1.54) is 16.2 Å². The van der Waals surface area contributed by atoms with Crippen molar-refractivity contribution in [1.29, 1.82) is 5.26 Å². The van der Waals surface area contributed by atoms with Gasteiger partial charge in [-0.3, -0.25) is 9.59 Å². The monoisotopic (exact) mass is 843 g/mol. The number of fused-ring (bicyclic) bond motifs is 2. The summed E-state index contributed by atoms with van der Waals surface area (Å²) < 4.78 is 18.6. The van der Waals surface area contributed by atoms with Crippen molar-refractivity contribution >= 4 is 52.3 Å². The smallest absolute Gasteiger partial charge is 0.326 e. The van der Waals surface area contributed by atoms with E-state index in [2.05, 4.69) is 11.4 Å². The molecule has 2 aliphatic heterocycles. The number of nitriles is 1. The van der Waals surface area contributed by atoms with Gasteiger partial charge < -0.3 is 29.5 Å². The molecule has 10 nitrogen and oxygen atoms in total. The molecule has 0 saturated heterocycles. The maximum Gasteiger partial charge on any atom is 0.326 e. The number of carbonyl (C=O) groups excluding carboxylic acids is 2. The SMILES string of the molecule is N#Cc1ccc(-c2ccc(C[C@H](NC(=O)C3Cc4cc5c(cc4CN3C(=O)c3cccs3)O[C@@H](c3ccc(OCc4ccc(Cl)c(Cl)c4)cc3)CO5)C(=O)O)cc2)cc1. The van der Waals surface area contributed by atoms with Gasteiger partial charge >= 0.3 is 5.97 Å². The maximum atomic E-state index is 14.1. The molecule has 0 radical (unpaired) electrons. The number of nitrogens with zero attached hydrogens (tertiary/aromatic N) is 2. The van der Waals surface area contributed by atoms with Crippen molar-refractivity contribution in [2.75, 3.05) is 6.61 Å². The third-order valence-electron chi connectivity index (χ3n) is 10.3. The van der Waals surface area contributed by atoms with Gasteiger partial charge in [0.25, 0.3) is 5.91 Å². The van der Waals surface area contributed by atoms with E-state index >= 15 is 0 Å². The number of amides is 2. The van der Waals surface area contributed by atoms with Crippen molar-refractivity contribution < 1.29 is 33.7 Å². The van der Waals surface area contributed by atoms with Crippen LogP contribution in [-0.4, -0.2) is 46.5 Å². The van der Waals surface area contributed by atoms with E-state index in [-0.39, 0.29) is 31.9 Å². The van der Waals surface area contributed by atoms with Crippen molar-refractivity contribution in [3.63, 3.8) is 0 Å². The fourth-order valence-corrected chi connectivity index (χ4v) is 8.15. The Bertz CT molecular complexity index is 2560. The molecule has 2 aliphatic rings. The molecule has 1 unspecified atom stereocenters. The maximum absolute atomic E-state index is 14.1. The van der Waals surface area contributed by atoms with Gasteiger partial charge in [-0.25, -0.2) is 4.79 Å². The largest absolute Gasteiger partial charge is 0.489 e. The average molecular weight is 845 g/mol. The highest BCUT2D eigenvalue weighted by atomic mass is 35.5. The number of carbonyl (C=O) groups is 3. The zero-order chi connectivity index (χ0) is 41.0. The fraction of sp³-hybridized carbons (Fsp3) is 0.174. The van der Waals surface area contributed by atoms with E-state index in [4.69, 9.17) is 42.7 Å². The van der Waals surface area contributed by atoms with E-state index < -0.39 is 30.1 Å². The number of rotatable bonds is 11. The highest BCUT2D eigenvalue weighted by Crippen LogP contribution is 2.41. The second kappa shape index (κ2) is 17.3. The van der Waals surface area contributed by atoms with Gasteiger partial charge in [0.15, 0.2) is 17.6 Å². The molecule has 2 amide bonds. The van der Waals surface area contributed by atoms with Crippen LogP contribution in [0.15, 0.2) is 121 Å². The fourth-order valence-electron chi connectivity index (χ4n) is 7.15. The van der Waals surface area contributed by atoms with Gasteiger partial charge in [-0.15, -0.1) is 11.3 Å². The Morgan fingerprint density at radius 2 is 1.59 bits per heavy atom. The first-order valence-corrected chi connectivity index (χ1v) is 20.3. The molecule has 0 fully saturated rings. The number of ether oxygens (including phenoxy) is 3. The molecule has 5 aromatic carbocycles. The quantitative estimate of drug-likeness (QED) is 0.132. The summed E-state index contributed by atoms with van der Waals surface area (Å²) in [4.78, 5) is 42.5. The van der Waals surface area contributed by atoms with Crippen LogP contribution in [0.2, 0.25) is 10.0 Å². The van der Waals surface area contributed by atoms with Gasteiger partial charge in [0, 0.05) is 19.4 Å². The van der Waals surface area contributed by atoms with E-state index in [0.29, 0.717) is 49.9 Å². The summed E-state index contributed by atoms with van der Waals surface area (Å²) >= 11 is 13.4. The first-order valence-electron chi connectivity index (χ1n) is 18.7. The first-order chi connectivity index (χ1) is 28.6. The lowest BCUT2D eigenvalue weighted by Crippen LogP contribution is -2.55. The van der Waals surface area contributed by atoms with Crippen LogP contribution in [0.5, 0.6) is 17.2 Å². The van der Waals surface area contributed by atoms with Crippen molar-refractivity contribution in [1.82, 2.24) is 10.2 Å². The summed E-state index contributed by atoms with van der Waals surface area (Å²) in [5, 5.41) is 24.8. The van der Waals surface area contributed by atoms with Gasteiger partial charge in [-0.05, 0) is 98.9 Å². The Labute approximate surface area is 354 Å². The number of aliphatic carboxylic acids is 1. The average Bonchev–Trinajstić information content (AvgIpc) is 3.81. The Morgan fingerprint density at radius 1 is 0.881 bits per heavy atom. The van der Waals surface area contributed by atoms with Crippen LogP contribution < -0.4 is 19.5 Å². The van der Waals surface area contributed by atoms with Crippen LogP contribution in [0.4, 0.5) is 0 Å². The molecule has 0 spiro atoms. The number of benzene rings is 5. The number of hydrogen-bond acceptors (Lipinski definition) is 8. The molecule has 2 N–H and O–H groups in total. The number of hydrogen-bond donors (Lipinski definition) is 2. The minimum atomic E-state index is -1.25. The minimum absolute atomic E-state index is 0.0330. The highest BCUT2D eigenvalue weighted by molar-refractivity contribution is 7.12. The van der Waals surface area contributed by atoms with Crippen LogP contribution in [0.1, 0.15) is 49.2 Å². The summed E-state index contributed by atoms with van der Waals surface area (Å²) in [5.74, 6) is -0.382. The van der Waals surface area contributed by atoms with Gasteiger partial charge in [0.1, 0.15) is 31.0 Å². The van der Waals surface area contributed by atoms with E-state index in [0.717, 1.165) is 33.4 Å². The third kappa shape index (κ3) is 8.91. The lowest BCUT2D eigenvalue weighted by atomic mass is 9.92. The predicted octanol–water partition coefficient (Wildman–Crippen LogP) is 9.06. The molecule has 6 aromatic rings. The molecule has 0 saturated carbocycles. The van der Waals surface area contributed by atoms with Gasteiger partial charge in [0.05, 0.1) is 26.6 Å². The molecule has 59 heavy (non-hydrogen) atoms. The van der Waals surface area contributed by atoms with Crippen molar-refractivity contribution in [2.24, 2.45) is 0 Å². The number of nitrogens with one attached hydrogen (secondary N) is 1. The first kappa shape index (κ1) is 39.5. The standard InChI is InChI=1S/C46H35Cl2N3O7S/c47-36-16-7-29(18-37(36)48)25-56-35-14-12-32(13-15-35)42-26-57-40-21-33-20-39(51(24-34(33)22-41(40)58-42)45(53)43-2-1-17-59-43)44(52)50-38(46(54)55)19-27-3-8-30(9-4-27)31-10-5-28(23-49)6-11-31/h1-18,21-22,38-39,42H,19-20,24-26H2,(H,50,52)(H,54,55)/t38-,39?,42+/m0/s1. The Kier molecular flexibility index (Phi) is 11.6. The number of halogens is 2. The normalized spacial score (nSPS) is 16.0. The minimum Gasteiger partial charge on any atom is -0.489 e. The summed E-state index contributed by atoms with van der Waals surface area (Å²) in [6.45, 7) is 0.672. The Hall–Kier alpha value is -6.32. The second-order valence-electron chi connectivity index (χ2n) is 14.2. The molecule has 0 aliphatic carbocycles. The molecular formula is C46H35Cl2N3O7S. The molecular weight excluding hydrogens is 809 g/mol. The van der Waals surface area contributed by atoms with Gasteiger partial charge in [0.2, 0.25) is 5.91 Å². The topological polar surface area (TPSA) is 138 Å². The van der Waals surface area contributed by atoms with Crippen LogP contribution in [0.25, 0.3) is 11.1 Å². The van der Waals surface area contributed by atoms with E-state index in [1.807, 2.05) is 78.9 Å². The summed E-state index contributed by atoms with van der Waals surface area (Å²) in [6.07, 6.45) is -0.227. The lowest BCUT2D eigenvalue weighted by molar-refractivity contribution is -0.142. The lowest BCUT2D eigenvalue weighted by Gasteiger charge is -2.37. The summed E-state index contributed by atoms with van der Waals surface area (Å²) in [6, 6.07) is 34.5. The summed E-state index contributed by atoms with van der Waals surface area (Å²) in [5.41, 5.74) is 6.46. The molecule has 1 aromatic heterocycles. The molecule has 296 valence electrons.